The zero-order chi connectivity index (χ0) is 13.4. The summed E-state index contributed by atoms with van der Waals surface area (Å²) in [5.74, 6) is 1.24. The molecule has 3 heteroatoms. The Kier molecular flexibility index (Phi) is 3.48. The maximum Gasteiger partial charge on any atom is 0.146 e. The number of halogens is 1. The van der Waals surface area contributed by atoms with Crippen LogP contribution in [-0.2, 0) is 0 Å². The van der Waals surface area contributed by atoms with Gasteiger partial charge in [-0.2, -0.15) is 0 Å². The van der Waals surface area contributed by atoms with Crippen molar-refractivity contribution in [1.29, 1.82) is 0 Å². The van der Waals surface area contributed by atoms with Crippen molar-refractivity contribution in [2.45, 2.75) is 38.8 Å². The molecule has 1 saturated carbocycles. The van der Waals surface area contributed by atoms with E-state index in [-0.39, 0.29) is 5.82 Å². The molecule has 1 heterocycles. The summed E-state index contributed by atoms with van der Waals surface area (Å²) in [5, 5.41) is 3.67. The van der Waals surface area contributed by atoms with Gasteiger partial charge >= 0.3 is 0 Å². The highest BCUT2D eigenvalue weighted by Crippen LogP contribution is 2.36. The van der Waals surface area contributed by atoms with Crippen molar-refractivity contribution < 1.29 is 4.39 Å². The fourth-order valence-corrected chi connectivity index (χ4v) is 3.17. The van der Waals surface area contributed by atoms with E-state index in [2.05, 4.69) is 24.1 Å². The number of anilines is 1. The predicted molar refractivity (Wildman–Crippen MR) is 76.9 cm³/mol. The summed E-state index contributed by atoms with van der Waals surface area (Å²) in [5.41, 5.74) is 0.772. The molecule has 2 fully saturated rings. The van der Waals surface area contributed by atoms with Crippen molar-refractivity contribution >= 4 is 5.69 Å². The number of benzene rings is 1. The Bertz CT molecular complexity index is 442. The first-order chi connectivity index (χ1) is 9.16. The van der Waals surface area contributed by atoms with Crippen LogP contribution in [0.2, 0.25) is 0 Å². The number of rotatable bonds is 3. The molecule has 0 spiro atoms. The van der Waals surface area contributed by atoms with E-state index in [4.69, 9.17) is 0 Å². The van der Waals surface area contributed by atoms with Crippen LogP contribution in [0.15, 0.2) is 24.3 Å². The number of nitrogens with one attached hydrogen (secondary N) is 1. The highest BCUT2D eigenvalue weighted by Gasteiger charge is 2.38. The summed E-state index contributed by atoms with van der Waals surface area (Å²) in [6.07, 6.45) is 2.66. The number of para-hydroxylation sites is 1. The van der Waals surface area contributed by atoms with Gasteiger partial charge in [0.2, 0.25) is 0 Å². The minimum Gasteiger partial charge on any atom is -0.363 e. The van der Waals surface area contributed by atoms with Crippen LogP contribution < -0.4 is 10.2 Å². The molecule has 19 heavy (non-hydrogen) atoms. The molecule has 1 aliphatic heterocycles. The molecular weight excluding hydrogens is 239 g/mol. The highest BCUT2D eigenvalue weighted by molar-refractivity contribution is 5.49. The first-order valence-electron chi connectivity index (χ1n) is 7.41. The Balaban J connectivity index is 1.86. The van der Waals surface area contributed by atoms with Gasteiger partial charge in [-0.15, -0.1) is 0 Å². The van der Waals surface area contributed by atoms with Gasteiger partial charge in [-0.3, -0.25) is 0 Å². The molecule has 104 valence electrons. The largest absolute Gasteiger partial charge is 0.363 e. The third-order valence-electron chi connectivity index (χ3n) is 4.51. The van der Waals surface area contributed by atoms with E-state index in [9.17, 15) is 4.39 Å². The van der Waals surface area contributed by atoms with Crippen LogP contribution in [0.3, 0.4) is 0 Å². The van der Waals surface area contributed by atoms with E-state index in [0.717, 1.165) is 24.7 Å². The van der Waals surface area contributed by atoms with E-state index in [1.165, 1.54) is 12.8 Å². The van der Waals surface area contributed by atoms with Crippen molar-refractivity contribution in [3.63, 3.8) is 0 Å². The van der Waals surface area contributed by atoms with E-state index in [0.29, 0.717) is 18.0 Å². The molecule has 0 radical (unpaired) electrons. The normalized spacial score (nSPS) is 27.9. The van der Waals surface area contributed by atoms with Crippen molar-refractivity contribution in [3.05, 3.63) is 30.1 Å². The summed E-state index contributed by atoms with van der Waals surface area (Å²) in [7, 11) is 0. The molecular formula is C16H23FN2. The van der Waals surface area contributed by atoms with Crippen LogP contribution in [0, 0.1) is 17.7 Å². The summed E-state index contributed by atoms with van der Waals surface area (Å²) >= 11 is 0. The average molecular weight is 262 g/mol. The smallest absolute Gasteiger partial charge is 0.146 e. The van der Waals surface area contributed by atoms with Crippen LogP contribution >= 0.6 is 0 Å². The zero-order valence-corrected chi connectivity index (χ0v) is 11.8. The summed E-state index contributed by atoms with van der Waals surface area (Å²) in [4.78, 5) is 2.29. The van der Waals surface area contributed by atoms with Gasteiger partial charge in [-0.1, -0.05) is 26.0 Å². The molecule has 1 aliphatic carbocycles. The fraction of sp³-hybridized carbons (Fsp3) is 0.625. The Labute approximate surface area is 115 Å². The standard InChI is InChI=1S/C16H23FN2/c1-11(2)16-9-18-14(12-7-8-12)10-19(16)15-6-4-3-5-13(15)17/h3-6,11-12,14,16,18H,7-10H2,1-2H3. The molecule has 1 N–H and O–H groups in total. The maximum atomic E-state index is 14.1. The van der Waals surface area contributed by atoms with Crippen LogP contribution in [0.5, 0.6) is 0 Å². The van der Waals surface area contributed by atoms with Gasteiger partial charge in [-0.25, -0.2) is 4.39 Å². The van der Waals surface area contributed by atoms with Gasteiger partial charge in [0.1, 0.15) is 5.82 Å². The van der Waals surface area contributed by atoms with Crippen LogP contribution in [0.4, 0.5) is 10.1 Å². The SMILES string of the molecule is CC(C)C1CNC(C2CC2)CN1c1ccccc1F. The van der Waals surface area contributed by atoms with E-state index in [1.807, 2.05) is 12.1 Å². The average Bonchev–Trinajstić information content (AvgIpc) is 3.23. The van der Waals surface area contributed by atoms with E-state index >= 15 is 0 Å². The molecule has 3 rings (SSSR count). The van der Waals surface area contributed by atoms with Crippen LogP contribution in [-0.4, -0.2) is 25.2 Å². The number of nitrogens with zero attached hydrogens (tertiary/aromatic N) is 1. The topological polar surface area (TPSA) is 15.3 Å². The number of hydrogen-bond donors (Lipinski definition) is 1. The lowest BCUT2D eigenvalue weighted by molar-refractivity contribution is 0.318. The Morgan fingerprint density at radius 2 is 2.00 bits per heavy atom. The maximum absolute atomic E-state index is 14.1. The van der Waals surface area contributed by atoms with Gasteiger partial charge in [0, 0.05) is 25.2 Å². The van der Waals surface area contributed by atoms with Crippen LogP contribution in [0.25, 0.3) is 0 Å². The quantitative estimate of drug-likeness (QED) is 0.900. The van der Waals surface area contributed by atoms with Gasteiger partial charge in [-0.05, 0) is 36.8 Å². The van der Waals surface area contributed by atoms with E-state index < -0.39 is 0 Å². The van der Waals surface area contributed by atoms with Gasteiger partial charge in [0.25, 0.3) is 0 Å². The highest BCUT2D eigenvalue weighted by atomic mass is 19.1. The second-order valence-corrected chi connectivity index (χ2v) is 6.27. The molecule has 1 aromatic rings. The molecule has 2 atom stereocenters. The van der Waals surface area contributed by atoms with Gasteiger partial charge in [0.15, 0.2) is 0 Å². The molecule has 0 aromatic heterocycles. The molecule has 2 unspecified atom stereocenters. The van der Waals surface area contributed by atoms with E-state index in [1.54, 1.807) is 12.1 Å². The minimum absolute atomic E-state index is 0.0930. The lowest BCUT2D eigenvalue weighted by Crippen LogP contribution is -2.59. The molecule has 0 bridgehead atoms. The van der Waals surface area contributed by atoms with Crippen molar-refractivity contribution in [2.24, 2.45) is 11.8 Å². The Morgan fingerprint density at radius 1 is 1.26 bits per heavy atom. The summed E-state index contributed by atoms with van der Waals surface area (Å²) < 4.78 is 14.1. The van der Waals surface area contributed by atoms with Gasteiger partial charge in [0.05, 0.1) is 5.69 Å². The third kappa shape index (κ3) is 2.62. The predicted octanol–water partition coefficient (Wildman–Crippen LogP) is 3.04. The summed E-state index contributed by atoms with van der Waals surface area (Å²) in [6, 6.07) is 8.11. The van der Waals surface area contributed by atoms with Crippen molar-refractivity contribution in [3.8, 4) is 0 Å². The lowest BCUT2D eigenvalue weighted by Gasteiger charge is -2.44. The summed E-state index contributed by atoms with van der Waals surface area (Å²) in [6.45, 7) is 6.34. The zero-order valence-electron chi connectivity index (χ0n) is 11.8. The first-order valence-corrected chi connectivity index (χ1v) is 7.41. The second kappa shape index (κ2) is 5.12. The second-order valence-electron chi connectivity index (χ2n) is 6.27. The van der Waals surface area contributed by atoms with Crippen molar-refractivity contribution in [2.75, 3.05) is 18.0 Å². The van der Waals surface area contributed by atoms with Crippen molar-refractivity contribution in [1.82, 2.24) is 5.32 Å². The molecule has 0 amide bonds. The molecule has 1 aromatic carbocycles. The fourth-order valence-electron chi connectivity index (χ4n) is 3.17. The molecule has 2 nitrogen and oxygen atoms in total. The molecule has 1 saturated heterocycles. The van der Waals surface area contributed by atoms with Gasteiger partial charge < -0.3 is 10.2 Å². The lowest BCUT2D eigenvalue weighted by atomic mass is 9.96. The molecule has 2 aliphatic rings. The number of hydrogen-bond acceptors (Lipinski definition) is 2. The Morgan fingerprint density at radius 3 is 2.63 bits per heavy atom. The minimum atomic E-state index is -0.0930. The third-order valence-corrected chi connectivity index (χ3v) is 4.51. The first kappa shape index (κ1) is 12.9. The monoisotopic (exact) mass is 262 g/mol. The Hall–Kier alpha value is -1.09. The van der Waals surface area contributed by atoms with Crippen LogP contribution in [0.1, 0.15) is 26.7 Å². The number of piperazine rings is 1.